The molecule has 0 heterocycles. The Labute approximate surface area is 121 Å². The first-order valence-electron chi connectivity index (χ1n) is 6.40. The Morgan fingerprint density at radius 1 is 1.16 bits per heavy atom. The molecular weight excluding hydrogens is 304 g/mol. The molecule has 0 spiro atoms. The Hall–Kier alpha value is -1.39. The fraction of sp³-hybridized carbons (Fsp3) is 0.267. The van der Waals surface area contributed by atoms with Crippen molar-refractivity contribution >= 4 is 38.3 Å². The zero-order valence-electron chi connectivity index (χ0n) is 10.9. The number of halogens is 1. The summed E-state index contributed by atoms with van der Waals surface area (Å²) in [6, 6.07) is 11.9. The summed E-state index contributed by atoms with van der Waals surface area (Å²) < 4.78 is 1.04. The third kappa shape index (κ3) is 3.55. The lowest BCUT2D eigenvalue weighted by Gasteiger charge is -2.10. The average Bonchev–Trinajstić information content (AvgIpc) is 2.43. The van der Waals surface area contributed by atoms with E-state index in [1.54, 1.807) is 0 Å². The third-order valence-electron chi connectivity index (χ3n) is 2.92. The van der Waals surface area contributed by atoms with Gasteiger partial charge in [-0.2, -0.15) is 0 Å². The lowest BCUT2D eigenvalue weighted by molar-refractivity contribution is -0.116. The Morgan fingerprint density at radius 2 is 1.89 bits per heavy atom. The van der Waals surface area contributed by atoms with Crippen LogP contribution in [-0.2, 0) is 4.79 Å². The molecule has 0 atom stereocenters. The highest BCUT2D eigenvalue weighted by molar-refractivity contribution is 9.10. The molecule has 0 unspecified atom stereocenters. The molecule has 0 aliphatic carbocycles. The van der Waals surface area contributed by atoms with Gasteiger partial charge in [-0.25, -0.2) is 0 Å². The van der Waals surface area contributed by atoms with Gasteiger partial charge in [0.25, 0.3) is 0 Å². The molecule has 2 aromatic rings. The van der Waals surface area contributed by atoms with Gasteiger partial charge in [0.1, 0.15) is 0 Å². The maximum absolute atomic E-state index is 11.9. The van der Waals surface area contributed by atoms with Crippen molar-refractivity contribution in [2.45, 2.75) is 13.3 Å². The van der Waals surface area contributed by atoms with Gasteiger partial charge in [0.15, 0.2) is 0 Å². The highest BCUT2D eigenvalue weighted by Gasteiger charge is 2.07. The lowest BCUT2D eigenvalue weighted by Crippen LogP contribution is -2.21. The highest BCUT2D eigenvalue weighted by Crippen LogP contribution is 2.29. The summed E-state index contributed by atoms with van der Waals surface area (Å²) in [7, 11) is 0. The van der Waals surface area contributed by atoms with Crippen molar-refractivity contribution in [2.75, 3.05) is 18.4 Å². The average molecular weight is 321 g/mol. The highest BCUT2D eigenvalue weighted by atomic mass is 79.9. The molecule has 1 amide bonds. The minimum atomic E-state index is 0.0356. The molecule has 0 aliphatic rings. The number of carbonyl (C=O) groups excluding carboxylic acids is 1. The third-order valence-corrected chi connectivity index (χ3v) is 3.62. The summed E-state index contributed by atoms with van der Waals surface area (Å²) >= 11 is 3.53. The molecule has 0 radical (unpaired) electrons. The van der Waals surface area contributed by atoms with Gasteiger partial charge >= 0.3 is 0 Å². The van der Waals surface area contributed by atoms with Gasteiger partial charge in [-0.3, -0.25) is 4.79 Å². The smallest absolute Gasteiger partial charge is 0.225 e. The molecule has 2 rings (SSSR count). The summed E-state index contributed by atoms with van der Waals surface area (Å²) in [6.45, 7) is 3.62. The predicted molar refractivity (Wildman–Crippen MR) is 83.4 cm³/mol. The SMILES string of the molecule is CCNCCC(=O)Nc1ccc(Br)c2ccccc12. The number of hydrogen-bond donors (Lipinski definition) is 2. The lowest BCUT2D eigenvalue weighted by atomic mass is 10.1. The molecule has 0 aliphatic heterocycles. The second-order valence-electron chi connectivity index (χ2n) is 4.29. The quantitative estimate of drug-likeness (QED) is 0.827. The molecule has 4 heteroatoms. The Balaban J connectivity index is 2.17. The van der Waals surface area contributed by atoms with Crippen LogP contribution in [0.1, 0.15) is 13.3 Å². The molecular formula is C15H17BrN2O. The first-order chi connectivity index (χ1) is 9.22. The van der Waals surface area contributed by atoms with Crippen molar-refractivity contribution in [1.29, 1.82) is 0 Å². The van der Waals surface area contributed by atoms with Crippen molar-refractivity contribution in [3.8, 4) is 0 Å². The molecule has 19 heavy (non-hydrogen) atoms. The Morgan fingerprint density at radius 3 is 2.63 bits per heavy atom. The summed E-state index contributed by atoms with van der Waals surface area (Å²) in [6.07, 6.45) is 0.484. The van der Waals surface area contributed by atoms with Crippen molar-refractivity contribution in [2.24, 2.45) is 0 Å². The van der Waals surface area contributed by atoms with Crippen molar-refractivity contribution in [3.63, 3.8) is 0 Å². The maximum atomic E-state index is 11.9. The molecule has 2 aromatic carbocycles. The van der Waals surface area contributed by atoms with Gasteiger partial charge in [-0.15, -0.1) is 0 Å². The topological polar surface area (TPSA) is 41.1 Å². The maximum Gasteiger partial charge on any atom is 0.225 e. The van der Waals surface area contributed by atoms with E-state index in [1.165, 1.54) is 0 Å². The molecule has 0 bridgehead atoms. The molecule has 0 saturated carbocycles. The largest absolute Gasteiger partial charge is 0.325 e. The number of fused-ring (bicyclic) bond motifs is 1. The summed E-state index contributed by atoms with van der Waals surface area (Å²) in [4.78, 5) is 11.9. The van der Waals surface area contributed by atoms with E-state index in [0.717, 1.165) is 27.5 Å². The van der Waals surface area contributed by atoms with Crippen LogP contribution in [0.5, 0.6) is 0 Å². The fourth-order valence-corrected chi connectivity index (χ4v) is 2.44. The van der Waals surface area contributed by atoms with Crippen molar-refractivity contribution in [3.05, 3.63) is 40.9 Å². The number of benzene rings is 2. The van der Waals surface area contributed by atoms with Gasteiger partial charge in [0, 0.05) is 28.5 Å². The predicted octanol–water partition coefficient (Wildman–Crippen LogP) is 3.54. The van der Waals surface area contributed by atoms with E-state index in [0.29, 0.717) is 13.0 Å². The zero-order chi connectivity index (χ0) is 13.7. The van der Waals surface area contributed by atoms with Crippen LogP contribution in [0.15, 0.2) is 40.9 Å². The first-order valence-corrected chi connectivity index (χ1v) is 7.19. The number of amides is 1. The van der Waals surface area contributed by atoms with Crippen molar-refractivity contribution in [1.82, 2.24) is 5.32 Å². The summed E-state index contributed by atoms with van der Waals surface area (Å²) in [5, 5.41) is 8.27. The van der Waals surface area contributed by atoms with E-state index in [9.17, 15) is 4.79 Å². The van der Waals surface area contributed by atoms with Crippen LogP contribution in [0.3, 0.4) is 0 Å². The first kappa shape index (κ1) is 14.0. The van der Waals surface area contributed by atoms with E-state index < -0.39 is 0 Å². The molecule has 3 nitrogen and oxygen atoms in total. The summed E-state index contributed by atoms with van der Waals surface area (Å²) in [5.41, 5.74) is 0.861. The molecule has 0 fully saturated rings. The van der Waals surface area contributed by atoms with Crippen molar-refractivity contribution < 1.29 is 4.79 Å². The van der Waals surface area contributed by atoms with Gasteiger partial charge < -0.3 is 10.6 Å². The number of rotatable bonds is 5. The molecule has 0 aromatic heterocycles. The second-order valence-corrected chi connectivity index (χ2v) is 5.15. The minimum Gasteiger partial charge on any atom is -0.325 e. The number of hydrogen-bond acceptors (Lipinski definition) is 2. The zero-order valence-corrected chi connectivity index (χ0v) is 12.5. The normalized spacial score (nSPS) is 10.6. The number of carbonyl (C=O) groups is 1. The van der Waals surface area contributed by atoms with Gasteiger partial charge in [0.2, 0.25) is 5.91 Å². The van der Waals surface area contributed by atoms with Crippen LogP contribution < -0.4 is 10.6 Å². The Kier molecular flexibility index (Phi) is 4.93. The van der Waals surface area contributed by atoms with Crippen LogP contribution in [0.25, 0.3) is 10.8 Å². The van der Waals surface area contributed by atoms with Gasteiger partial charge in [-0.1, -0.05) is 47.1 Å². The minimum absolute atomic E-state index is 0.0356. The van der Waals surface area contributed by atoms with E-state index in [2.05, 4.69) is 26.6 Å². The van der Waals surface area contributed by atoms with Gasteiger partial charge in [-0.05, 0) is 24.1 Å². The fourth-order valence-electron chi connectivity index (χ4n) is 1.96. The van der Waals surface area contributed by atoms with Crippen LogP contribution in [0.4, 0.5) is 5.69 Å². The van der Waals surface area contributed by atoms with Crippen LogP contribution in [-0.4, -0.2) is 19.0 Å². The van der Waals surface area contributed by atoms with E-state index in [-0.39, 0.29) is 5.91 Å². The van der Waals surface area contributed by atoms with E-state index >= 15 is 0 Å². The van der Waals surface area contributed by atoms with E-state index in [4.69, 9.17) is 0 Å². The Bertz CT molecular complexity index is 583. The standard InChI is InChI=1S/C15H17BrN2O/c1-2-17-10-9-15(19)18-14-8-7-13(16)11-5-3-4-6-12(11)14/h3-8,17H,2,9-10H2,1H3,(H,18,19). The number of anilines is 1. The van der Waals surface area contributed by atoms with Crippen LogP contribution in [0, 0.1) is 0 Å². The summed E-state index contributed by atoms with van der Waals surface area (Å²) in [5.74, 6) is 0.0356. The van der Waals surface area contributed by atoms with Gasteiger partial charge in [0.05, 0.1) is 0 Å². The monoisotopic (exact) mass is 320 g/mol. The second kappa shape index (κ2) is 6.68. The van der Waals surface area contributed by atoms with Crippen LogP contribution in [0.2, 0.25) is 0 Å². The van der Waals surface area contributed by atoms with Crippen LogP contribution >= 0.6 is 15.9 Å². The molecule has 2 N–H and O–H groups in total. The molecule has 0 saturated heterocycles. The van der Waals surface area contributed by atoms with E-state index in [1.807, 2.05) is 43.3 Å². The molecule has 100 valence electrons. The number of nitrogens with one attached hydrogen (secondary N) is 2.